The molecule has 6 unspecified atom stereocenters. The Kier molecular flexibility index (Phi) is 11.0. The van der Waals surface area contributed by atoms with Crippen molar-refractivity contribution in [3.63, 3.8) is 0 Å². The minimum atomic E-state index is -1.62. The molecule has 1 saturated heterocycles. The molecule has 214 valence electrons. The summed E-state index contributed by atoms with van der Waals surface area (Å²) in [4.78, 5) is 13.4. The van der Waals surface area contributed by atoms with E-state index in [1.165, 1.54) is 0 Å². The molecule has 6 atom stereocenters. The zero-order valence-corrected chi connectivity index (χ0v) is 22.0. The Morgan fingerprint density at radius 2 is 1.85 bits per heavy atom. The molecule has 2 aromatic carbocycles. The number of para-hydroxylation sites is 1. The second-order valence-corrected chi connectivity index (χ2v) is 9.49. The summed E-state index contributed by atoms with van der Waals surface area (Å²) in [6.07, 6.45) is -6.68. The van der Waals surface area contributed by atoms with Crippen LogP contribution in [0.5, 0.6) is 5.75 Å². The van der Waals surface area contributed by atoms with Gasteiger partial charge in [0, 0.05) is 30.0 Å². The number of aliphatic hydroxyl groups is 4. The standard InChI is InChI=1S/C27H38N4O8/c1-15(2)37-12-6-11-30-26(36)21(31-17-8-5-7-16(13-17)25(28)29)18-9-3-4-10-19(18)38-27-24(35)23(34)22(33)20(14-32)39-27/h3-5,7-10,13,15,20-24,27,31-35H,6,11-12,14H2,1-2H3,(H3,28,29)(H,30,36). The Bertz CT molecular complexity index is 1100. The molecule has 0 aromatic heterocycles. The Morgan fingerprint density at radius 3 is 2.54 bits per heavy atom. The van der Waals surface area contributed by atoms with E-state index >= 15 is 0 Å². The van der Waals surface area contributed by atoms with Gasteiger partial charge in [-0.2, -0.15) is 0 Å². The van der Waals surface area contributed by atoms with E-state index in [1.54, 1.807) is 48.5 Å². The molecule has 0 spiro atoms. The van der Waals surface area contributed by atoms with Crippen LogP contribution in [0.15, 0.2) is 48.5 Å². The largest absolute Gasteiger partial charge is 0.462 e. The summed E-state index contributed by atoms with van der Waals surface area (Å²) in [6, 6.07) is 12.4. The predicted molar refractivity (Wildman–Crippen MR) is 143 cm³/mol. The van der Waals surface area contributed by atoms with Gasteiger partial charge in [0.1, 0.15) is 42.0 Å². The average molecular weight is 547 g/mol. The minimum Gasteiger partial charge on any atom is -0.462 e. The number of hydrogen-bond acceptors (Lipinski definition) is 10. The number of ether oxygens (including phenoxy) is 3. The summed E-state index contributed by atoms with van der Waals surface area (Å²) in [7, 11) is 0. The minimum absolute atomic E-state index is 0.0788. The van der Waals surface area contributed by atoms with E-state index in [-0.39, 0.29) is 23.6 Å². The van der Waals surface area contributed by atoms with E-state index in [4.69, 9.17) is 25.4 Å². The molecule has 1 aliphatic rings. The molecular weight excluding hydrogens is 508 g/mol. The predicted octanol–water partition coefficient (Wildman–Crippen LogP) is 0.234. The molecule has 2 aromatic rings. The van der Waals surface area contributed by atoms with E-state index in [2.05, 4.69) is 10.6 Å². The number of nitrogen functional groups attached to an aromatic ring is 1. The van der Waals surface area contributed by atoms with Gasteiger partial charge in [0.2, 0.25) is 12.2 Å². The number of hydrogen-bond donors (Lipinski definition) is 8. The molecule has 12 heteroatoms. The number of amidine groups is 1. The zero-order chi connectivity index (χ0) is 28.5. The summed E-state index contributed by atoms with van der Waals surface area (Å²) in [5.74, 6) is -0.339. The molecule has 0 radical (unpaired) electrons. The Hall–Kier alpha value is -3.26. The third kappa shape index (κ3) is 8.12. The van der Waals surface area contributed by atoms with Gasteiger partial charge in [-0.05, 0) is 38.5 Å². The SMILES string of the molecule is CC(C)OCCCNC(=O)C(Nc1cccc(C(=N)N)c1)c1ccccc1OC1OC(CO)C(O)C(O)C1O. The summed E-state index contributed by atoms with van der Waals surface area (Å²) in [5, 5.41) is 54.0. The van der Waals surface area contributed by atoms with Crippen molar-refractivity contribution in [1.29, 1.82) is 5.41 Å². The first-order valence-corrected chi connectivity index (χ1v) is 12.8. The molecule has 9 N–H and O–H groups in total. The highest BCUT2D eigenvalue weighted by atomic mass is 16.7. The second-order valence-electron chi connectivity index (χ2n) is 9.49. The van der Waals surface area contributed by atoms with Crippen molar-refractivity contribution < 1.29 is 39.4 Å². The van der Waals surface area contributed by atoms with Gasteiger partial charge in [0.25, 0.3) is 0 Å². The molecule has 1 heterocycles. The second kappa shape index (κ2) is 14.2. The van der Waals surface area contributed by atoms with Crippen LogP contribution in [0.2, 0.25) is 0 Å². The van der Waals surface area contributed by atoms with Crippen molar-refractivity contribution in [3.8, 4) is 5.75 Å². The van der Waals surface area contributed by atoms with E-state index in [0.29, 0.717) is 36.4 Å². The van der Waals surface area contributed by atoms with Crippen molar-refractivity contribution in [2.24, 2.45) is 5.73 Å². The van der Waals surface area contributed by atoms with Gasteiger partial charge in [-0.15, -0.1) is 0 Å². The highest BCUT2D eigenvalue weighted by Crippen LogP contribution is 2.32. The number of nitrogens with one attached hydrogen (secondary N) is 3. The topological polar surface area (TPSA) is 200 Å². The van der Waals surface area contributed by atoms with Gasteiger partial charge in [0.05, 0.1) is 12.7 Å². The molecule has 3 rings (SSSR count). The van der Waals surface area contributed by atoms with E-state index in [1.807, 2.05) is 13.8 Å². The first kappa shape index (κ1) is 30.3. The fourth-order valence-corrected chi connectivity index (χ4v) is 4.05. The molecule has 1 aliphatic heterocycles. The van der Waals surface area contributed by atoms with Crippen molar-refractivity contribution >= 4 is 17.4 Å². The highest BCUT2D eigenvalue weighted by Gasteiger charge is 2.45. The van der Waals surface area contributed by atoms with Crippen LogP contribution in [0.25, 0.3) is 0 Å². The fraction of sp³-hybridized carbons (Fsp3) is 0.481. The maximum atomic E-state index is 13.4. The van der Waals surface area contributed by atoms with Crippen LogP contribution in [0.4, 0.5) is 5.69 Å². The van der Waals surface area contributed by atoms with Gasteiger partial charge >= 0.3 is 0 Å². The lowest BCUT2D eigenvalue weighted by Gasteiger charge is -2.39. The summed E-state index contributed by atoms with van der Waals surface area (Å²) < 4.78 is 16.9. The van der Waals surface area contributed by atoms with Gasteiger partial charge in [-0.3, -0.25) is 10.2 Å². The number of benzene rings is 2. The summed E-state index contributed by atoms with van der Waals surface area (Å²) in [6.45, 7) is 4.09. The number of aliphatic hydroxyl groups excluding tert-OH is 4. The number of carbonyl (C=O) groups is 1. The summed E-state index contributed by atoms with van der Waals surface area (Å²) in [5.41, 5.74) is 7.01. The molecule has 1 amide bonds. The molecule has 0 saturated carbocycles. The lowest BCUT2D eigenvalue weighted by atomic mass is 9.99. The number of amides is 1. The van der Waals surface area contributed by atoms with Crippen LogP contribution in [-0.2, 0) is 14.3 Å². The highest BCUT2D eigenvalue weighted by molar-refractivity contribution is 5.96. The Morgan fingerprint density at radius 1 is 1.10 bits per heavy atom. The van der Waals surface area contributed by atoms with Crippen LogP contribution < -0.4 is 21.1 Å². The van der Waals surface area contributed by atoms with Crippen molar-refractivity contribution in [3.05, 3.63) is 59.7 Å². The van der Waals surface area contributed by atoms with E-state index < -0.39 is 43.4 Å². The van der Waals surface area contributed by atoms with Gasteiger partial charge in [-0.1, -0.05) is 30.3 Å². The monoisotopic (exact) mass is 546 g/mol. The van der Waals surface area contributed by atoms with E-state index in [0.717, 1.165) is 0 Å². The van der Waals surface area contributed by atoms with E-state index in [9.17, 15) is 25.2 Å². The molecular formula is C27H38N4O8. The van der Waals surface area contributed by atoms with Gasteiger partial charge in [-0.25, -0.2) is 0 Å². The Labute approximate surface area is 227 Å². The molecule has 0 bridgehead atoms. The third-order valence-corrected chi connectivity index (χ3v) is 6.14. The maximum Gasteiger partial charge on any atom is 0.247 e. The number of rotatable bonds is 13. The van der Waals surface area contributed by atoms with Crippen LogP contribution in [0.3, 0.4) is 0 Å². The van der Waals surface area contributed by atoms with Crippen molar-refractivity contribution in [2.45, 2.75) is 63.1 Å². The van der Waals surface area contributed by atoms with Crippen LogP contribution in [0, 0.1) is 5.41 Å². The van der Waals surface area contributed by atoms with Crippen LogP contribution in [0.1, 0.15) is 37.4 Å². The maximum absolute atomic E-state index is 13.4. The normalized spacial score (nSPS) is 23.7. The molecule has 39 heavy (non-hydrogen) atoms. The number of anilines is 1. The van der Waals surface area contributed by atoms with Crippen molar-refractivity contribution in [2.75, 3.05) is 25.1 Å². The lowest BCUT2D eigenvalue weighted by molar-refractivity contribution is -0.277. The lowest BCUT2D eigenvalue weighted by Crippen LogP contribution is -2.60. The summed E-state index contributed by atoms with van der Waals surface area (Å²) >= 11 is 0. The Balaban J connectivity index is 1.87. The molecule has 1 fully saturated rings. The van der Waals surface area contributed by atoms with Crippen molar-refractivity contribution in [1.82, 2.24) is 5.32 Å². The number of nitrogens with two attached hydrogens (primary N) is 1. The molecule has 12 nitrogen and oxygen atoms in total. The zero-order valence-electron chi connectivity index (χ0n) is 22.0. The average Bonchev–Trinajstić information content (AvgIpc) is 2.92. The number of carbonyl (C=O) groups excluding carboxylic acids is 1. The van der Waals surface area contributed by atoms with Crippen LogP contribution >= 0.6 is 0 Å². The van der Waals surface area contributed by atoms with Gasteiger partial charge in [0.15, 0.2) is 0 Å². The fourth-order valence-electron chi connectivity index (χ4n) is 4.05. The molecule has 0 aliphatic carbocycles. The quantitative estimate of drug-likeness (QED) is 0.0977. The first-order valence-electron chi connectivity index (χ1n) is 12.8. The van der Waals surface area contributed by atoms with Gasteiger partial charge < -0.3 is 51.0 Å². The third-order valence-electron chi connectivity index (χ3n) is 6.14. The smallest absolute Gasteiger partial charge is 0.247 e. The van der Waals surface area contributed by atoms with Crippen LogP contribution in [-0.4, -0.2) is 88.7 Å². The first-order chi connectivity index (χ1) is 18.6.